The number of rotatable bonds is 6. The molecule has 0 aliphatic heterocycles. The van der Waals surface area contributed by atoms with Gasteiger partial charge in [-0.2, -0.15) is 0 Å². The van der Waals surface area contributed by atoms with Gasteiger partial charge >= 0.3 is 0 Å². The van der Waals surface area contributed by atoms with Crippen LogP contribution in [0.1, 0.15) is 13.8 Å². The van der Waals surface area contributed by atoms with Crippen molar-refractivity contribution in [1.82, 2.24) is 15.1 Å². The summed E-state index contributed by atoms with van der Waals surface area (Å²) in [7, 11) is 3.48. The van der Waals surface area contributed by atoms with E-state index in [0.29, 0.717) is 13.1 Å². The Labute approximate surface area is 91.4 Å². The van der Waals surface area contributed by atoms with Crippen molar-refractivity contribution in [3.63, 3.8) is 0 Å². The third-order valence-corrected chi connectivity index (χ3v) is 2.35. The molecule has 0 spiro atoms. The number of carbonyl (C=O) groups excluding carboxylic acids is 2. The first-order chi connectivity index (χ1) is 7.02. The van der Waals surface area contributed by atoms with Gasteiger partial charge in [-0.3, -0.25) is 14.9 Å². The second-order valence-electron chi connectivity index (χ2n) is 3.42. The predicted octanol–water partition coefficient (Wildman–Crippen LogP) is -0.467. The van der Waals surface area contributed by atoms with Crippen LogP contribution in [0.5, 0.6) is 0 Å². The monoisotopic (exact) mass is 215 g/mol. The van der Waals surface area contributed by atoms with Gasteiger partial charge in [0.2, 0.25) is 11.8 Å². The molecule has 2 amide bonds. The lowest BCUT2D eigenvalue weighted by Gasteiger charge is -2.17. The number of nitrogens with zero attached hydrogens (tertiary/aromatic N) is 2. The molecule has 0 saturated heterocycles. The van der Waals surface area contributed by atoms with Crippen LogP contribution in [0.4, 0.5) is 0 Å². The third kappa shape index (κ3) is 5.37. The minimum absolute atomic E-state index is 0.00412. The van der Waals surface area contributed by atoms with Crippen LogP contribution in [0, 0.1) is 0 Å². The highest BCUT2D eigenvalue weighted by molar-refractivity contribution is 5.80. The molecule has 0 fully saturated rings. The van der Waals surface area contributed by atoms with Gasteiger partial charge in [-0.15, -0.1) is 0 Å². The summed E-state index contributed by atoms with van der Waals surface area (Å²) in [6, 6.07) is 0. The minimum atomic E-state index is 0.00412. The minimum Gasteiger partial charge on any atom is -0.345 e. The highest BCUT2D eigenvalue weighted by Crippen LogP contribution is 1.84. The molecule has 0 rings (SSSR count). The standard InChI is InChI=1S/C10H21N3O2/c1-5-12(3)9(14)7-11-8-10(15)13(4)6-2/h11H,5-8H2,1-4H3. The molecule has 0 atom stereocenters. The second-order valence-corrected chi connectivity index (χ2v) is 3.42. The molecule has 88 valence electrons. The Balaban J connectivity index is 3.70. The Morgan fingerprint density at radius 1 is 0.933 bits per heavy atom. The van der Waals surface area contributed by atoms with Crippen molar-refractivity contribution in [1.29, 1.82) is 0 Å². The molecular weight excluding hydrogens is 194 g/mol. The van der Waals surface area contributed by atoms with Crippen molar-refractivity contribution in [2.45, 2.75) is 13.8 Å². The van der Waals surface area contributed by atoms with E-state index < -0.39 is 0 Å². The Bertz CT molecular complexity index is 197. The average molecular weight is 215 g/mol. The van der Waals surface area contributed by atoms with Gasteiger partial charge in [0.15, 0.2) is 0 Å². The van der Waals surface area contributed by atoms with Crippen molar-refractivity contribution in [2.24, 2.45) is 0 Å². The first-order valence-corrected chi connectivity index (χ1v) is 5.21. The molecule has 5 nitrogen and oxygen atoms in total. The summed E-state index contributed by atoms with van der Waals surface area (Å²) >= 11 is 0. The quantitative estimate of drug-likeness (QED) is 0.652. The maximum atomic E-state index is 11.3. The van der Waals surface area contributed by atoms with E-state index in [4.69, 9.17) is 0 Å². The summed E-state index contributed by atoms with van der Waals surface area (Å²) in [6.07, 6.45) is 0. The maximum absolute atomic E-state index is 11.3. The van der Waals surface area contributed by atoms with E-state index >= 15 is 0 Å². The molecule has 0 aromatic rings. The highest BCUT2D eigenvalue weighted by atomic mass is 16.2. The SMILES string of the molecule is CCN(C)C(=O)CNCC(=O)N(C)CC. The Hall–Kier alpha value is -1.10. The number of hydrogen-bond donors (Lipinski definition) is 1. The van der Waals surface area contributed by atoms with Gasteiger partial charge in [-0.05, 0) is 13.8 Å². The van der Waals surface area contributed by atoms with Crippen LogP contribution in [-0.2, 0) is 9.59 Å². The van der Waals surface area contributed by atoms with E-state index in [1.807, 2.05) is 13.8 Å². The summed E-state index contributed by atoms with van der Waals surface area (Å²) in [5.74, 6) is 0.00824. The molecule has 0 aliphatic rings. The zero-order valence-corrected chi connectivity index (χ0v) is 10.0. The Kier molecular flexibility index (Phi) is 6.70. The maximum Gasteiger partial charge on any atom is 0.236 e. The molecule has 0 aliphatic carbocycles. The Morgan fingerprint density at radius 2 is 1.27 bits per heavy atom. The second kappa shape index (κ2) is 7.23. The fourth-order valence-corrected chi connectivity index (χ4v) is 0.899. The number of nitrogens with one attached hydrogen (secondary N) is 1. The topological polar surface area (TPSA) is 52.7 Å². The van der Waals surface area contributed by atoms with E-state index in [9.17, 15) is 9.59 Å². The summed E-state index contributed by atoms with van der Waals surface area (Å²) < 4.78 is 0. The third-order valence-electron chi connectivity index (χ3n) is 2.35. The number of hydrogen-bond acceptors (Lipinski definition) is 3. The average Bonchev–Trinajstić information content (AvgIpc) is 2.26. The van der Waals surface area contributed by atoms with Gasteiger partial charge in [0, 0.05) is 27.2 Å². The molecule has 0 saturated carbocycles. The molecule has 0 radical (unpaired) electrons. The molecule has 15 heavy (non-hydrogen) atoms. The van der Waals surface area contributed by atoms with Crippen LogP contribution in [0.15, 0.2) is 0 Å². The zero-order valence-electron chi connectivity index (χ0n) is 10.0. The van der Waals surface area contributed by atoms with Crippen LogP contribution < -0.4 is 5.32 Å². The smallest absolute Gasteiger partial charge is 0.236 e. The van der Waals surface area contributed by atoms with Crippen molar-refractivity contribution in [3.8, 4) is 0 Å². The molecule has 5 heteroatoms. The van der Waals surface area contributed by atoms with Crippen LogP contribution >= 0.6 is 0 Å². The fourth-order valence-electron chi connectivity index (χ4n) is 0.899. The fraction of sp³-hybridized carbons (Fsp3) is 0.800. The summed E-state index contributed by atoms with van der Waals surface area (Å²) in [6.45, 7) is 5.62. The van der Waals surface area contributed by atoms with Crippen molar-refractivity contribution < 1.29 is 9.59 Å². The highest BCUT2D eigenvalue weighted by Gasteiger charge is 2.09. The van der Waals surface area contributed by atoms with Gasteiger partial charge < -0.3 is 9.80 Å². The van der Waals surface area contributed by atoms with Crippen molar-refractivity contribution >= 4 is 11.8 Å². The van der Waals surface area contributed by atoms with Gasteiger partial charge in [0.25, 0.3) is 0 Å². The van der Waals surface area contributed by atoms with Crippen molar-refractivity contribution in [3.05, 3.63) is 0 Å². The number of likely N-dealkylation sites (N-methyl/N-ethyl adjacent to an activating group) is 2. The summed E-state index contributed by atoms with van der Waals surface area (Å²) in [5, 5.41) is 2.83. The normalized spacial score (nSPS) is 9.87. The summed E-state index contributed by atoms with van der Waals surface area (Å²) in [5.41, 5.74) is 0. The van der Waals surface area contributed by atoms with E-state index in [0.717, 1.165) is 0 Å². The van der Waals surface area contributed by atoms with Gasteiger partial charge in [0.1, 0.15) is 0 Å². The first kappa shape index (κ1) is 13.9. The van der Waals surface area contributed by atoms with Crippen LogP contribution in [0.25, 0.3) is 0 Å². The molecule has 0 aromatic heterocycles. The largest absolute Gasteiger partial charge is 0.345 e. The van der Waals surface area contributed by atoms with Crippen LogP contribution in [0.2, 0.25) is 0 Å². The van der Waals surface area contributed by atoms with Crippen LogP contribution in [-0.4, -0.2) is 61.9 Å². The lowest BCUT2D eigenvalue weighted by atomic mass is 10.4. The van der Waals surface area contributed by atoms with E-state index in [1.165, 1.54) is 0 Å². The van der Waals surface area contributed by atoms with Gasteiger partial charge in [-0.25, -0.2) is 0 Å². The number of amides is 2. The molecule has 0 unspecified atom stereocenters. The van der Waals surface area contributed by atoms with Crippen LogP contribution in [0.3, 0.4) is 0 Å². The zero-order chi connectivity index (χ0) is 11.8. The molecule has 0 aromatic carbocycles. The molecule has 0 bridgehead atoms. The van der Waals surface area contributed by atoms with Gasteiger partial charge in [0.05, 0.1) is 13.1 Å². The first-order valence-electron chi connectivity index (χ1n) is 5.21. The lowest BCUT2D eigenvalue weighted by Crippen LogP contribution is -2.40. The Morgan fingerprint density at radius 3 is 1.53 bits per heavy atom. The van der Waals surface area contributed by atoms with E-state index in [2.05, 4.69) is 5.32 Å². The van der Waals surface area contributed by atoms with Crippen molar-refractivity contribution in [2.75, 3.05) is 40.3 Å². The molecular formula is C10H21N3O2. The molecule has 1 N–H and O–H groups in total. The predicted molar refractivity (Wildman–Crippen MR) is 59.5 cm³/mol. The van der Waals surface area contributed by atoms with E-state index in [-0.39, 0.29) is 24.9 Å². The molecule has 0 heterocycles. The lowest BCUT2D eigenvalue weighted by molar-refractivity contribution is -0.130. The number of carbonyl (C=O) groups is 2. The van der Waals surface area contributed by atoms with E-state index in [1.54, 1.807) is 23.9 Å². The van der Waals surface area contributed by atoms with Gasteiger partial charge in [-0.1, -0.05) is 0 Å². The summed E-state index contributed by atoms with van der Waals surface area (Å²) in [4.78, 5) is 25.9.